The van der Waals surface area contributed by atoms with Gasteiger partial charge in [-0.05, 0) is 35.8 Å². The van der Waals surface area contributed by atoms with E-state index in [1.165, 1.54) is 0 Å². The van der Waals surface area contributed by atoms with Crippen LogP contribution in [0.25, 0.3) is 10.8 Å². The summed E-state index contributed by atoms with van der Waals surface area (Å²) in [6.07, 6.45) is 0.682. The predicted octanol–water partition coefficient (Wildman–Crippen LogP) is 3.73. The second-order valence-electron chi connectivity index (χ2n) is 6.61. The average Bonchev–Trinajstić information content (AvgIpc) is 2.77. The summed E-state index contributed by atoms with van der Waals surface area (Å²) in [6, 6.07) is 23.1. The Morgan fingerprint density at radius 2 is 1.67 bits per heavy atom. The molecule has 3 rings (SSSR count). The summed E-state index contributed by atoms with van der Waals surface area (Å²) in [5.74, 6) is -0.988. The van der Waals surface area contributed by atoms with Crippen molar-refractivity contribution in [2.24, 2.45) is 5.92 Å². The Hall–Kier alpha value is -3.10. The SMILES string of the molecule is O=CC(CC(=O)NNC(=S)Nc1cccc2ccccc12)C(S)Nc1ccccc1. The van der Waals surface area contributed by atoms with E-state index in [0.717, 1.165) is 28.4 Å². The van der Waals surface area contributed by atoms with Gasteiger partial charge in [0, 0.05) is 23.2 Å². The van der Waals surface area contributed by atoms with Crippen molar-refractivity contribution < 1.29 is 9.59 Å². The molecule has 0 aliphatic carbocycles. The van der Waals surface area contributed by atoms with Crippen molar-refractivity contribution in [3.63, 3.8) is 0 Å². The number of anilines is 2. The number of carbonyl (C=O) groups excluding carboxylic acids is 2. The lowest BCUT2D eigenvalue weighted by Crippen LogP contribution is -2.45. The van der Waals surface area contributed by atoms with Crippen LogP contribution < -0.4 is 21.5 Å². The first-order valence-electron chi connectivity index (χ1n) is 9.35. The number of carbonyl (C=O) groups is 2. The third-order valence-electron chi connectivity index (χ3n) is 4.44. The van der Waals surface area contributed by atoms with E-state index in [1.54, 1.807) is 0 Å². The zero-order valence-electron chi connectivity index (χ0n) is 16.0. The Kier molecular flexibility index (Phi) is 7.64. The molecule has 0 aliphatic heterocycles. The Labute approximate surface area is 185 Å². The summed E-state index contributed by atoms with van der Waals surface area (Å²) in [4.78, 5) is 23.7. The Morgan fingerprint density at radius 3 is 2.43 bits per heavy atom. The number of benzene rings is 3. The van der Waals surface area contributed by atoms with Crippen molar-refractivity contribution in [3.05, 3.63) is 72.8 Å². The first-order chi connectivity index (χ1) is 14.6. The zero-order chi connectivity index (χ0) is 21.3. The number of aldehydes is 1. The van der Waals surface area contributed by atoms with Gasteiger partial charge in [-0.15, -0.1) is 0 Å². The molecule has 2 unspecified atom stereocenters. The molecule has 6 nitrogen and oxygen atoms in total. The van der Waals surface area contributed by atoms with E-state index in [1.807, 2.05) is 72.8 Å². The Morgan fingerprint density at radius 1 is 0.967 bits per heavy atom. The molecule has 3 aromatic rings. The van der Waals surface area contributed by atoms with E-state index >= 15 is 0 Å². The molecular formula is C22H22N4O2S2. The van der Waals surface area contributed by atoms with Gasteiger partial charge in [0.15, 0.2) is 5.11 Å². The molecule has 0 bridgehead atoms. The highest BCUT2D eigenvalue weighted by Gasteiger charge is 2.21. The highest BCUT2D eigenvalue weighted by Crippen LogP contribution is 2.22. The topological polar surface area (TPSA) is 82.3 Å². The van der Waals surface area contributed by atoms with Gasteiger partial charge in [-0.1, -0.05) is 54.6 Å². The number of hydrogen-bond donors (Lipinski definition) is 5. The number of thiol groups is 1. The summed E-state index contributed by atoms with van der Waals surface area (Å²) in [7, 11) is 0. The summed E-state index contributed by atoms with van der Waals surface area (Å²) >= 11 is 9.68. The van der Waals surface area contributed by atoms with Crippen molar-refractivity contribution in [1.29, 1.82) is 0 Å². The number of fused-ring (bicyclic) bond motifs is 1. The predicted molar refractivity (Wildman–Crippen MR) is 128 cm³/mol. The number of para-hydroxylation sites is 1. The monoisotopic (exact) mass is 438 g/mol. The highest BCUT2D eigenvalue weighted by molar-refractivity contribution is 7.81. The van der Waals surface area contributed by atoms with Crippen LogP contribution in [-0.2, 0) is 9.59 Å². The van der Waals surface area contributed by atoms with Crippen molar-refractivity contribution in [1.82, 2.24) is 10.9 Å². The molecule has 0 heterocycles. The van der Waals surface area contributed by atoms with Gasteiger partial charge < -0.3 is 15.4 Å². The summed E-state index contributed by atoms with van der Waals surface area (Å²) < 4.78 is 0. The van der Waals surface area contributed by atoms with E-state index in [0.29, 0.717) is 0 Å². The molecule has 0 saturated heterocycles. The molecule has 0 fully saturated rings. The summed E-state index contributed by atoms with van der Waals surface area (Å²) in [5.41, 5.74) is 6.84. The first kappa shape index (κ1) is 21.6. The van der Waals surface area contributed by atoms with Crippen LogP contribution in [0.3, 0.4) is 0 Å². The van der Waals surface area contributed by atoms with Gasteiger partial charge >= 0.3 is 0 Å². The van der Waals surface area contributed by atoms with E-state index in [2.05, 4.69) is 34.1 Å². The number of hydrogen-bond acceptors (Lipinski definition) is 5. The molecule has 4 N–H and O–H groups in total. The molecule has 154 valence electrons. The molecule has 0 aromatic heterocycles. The van der Waals surface area contributed by atoms with Gasteiger partial charge in [-0.3, -0.25) is 15.6 Å². The largest absolute Gasteiger partial charge is 0.373 e. The second kappa shape index (κ2) is 10.6. The normalized spacial score (nSPS) is 12.4. The minimum absolute atomic E-state index is 0.0403. The average molecular weight is 439 g/mol. The van der Waals surface area contributed by atoms with Crippen LogP contribution in [0.1, 0.15) is 6.42 Å². The van der Waals surface area contributed by atoms with Crippen molar-refractivity contribution in [3.8, 4) is 0 Å². The molecule has 1 amide bonds. The number of rotatable bonds is 7. The fourth-order valence-electron chi connectivity index (χ4n) is 2.93. The molecule has 8 heteroatoms. The second-order valence-corrected chi connectivity index (χ2v) is 7.58. The standard InChI is InChI=1S/C22H22N4O2S2/c27-14-16(21(29)23-17-9-2-1-3-10-17)13-20(28)25-26-22(30)24-19-12-6-8-15-7-4-5-11-18(15)19/h1-12,14,16,21,23,29H,13H2,(H,25,28)(H2,24,26,30). The minimum Gasteiger partial charge on any atom is -0.373 e. The highest BCUT2D eigenvalue weighted by atomic mass is 32.1. The number of hydrazine groups is 1. The first-order valence-corrected chi connectivity index (χ1v) is 10.3. The van der Waals surface area contributed by atoms with Crippen LogP contribution in [-0.4, -0.2) is 22.7 Å². The maximum absolute atomic E-state index is 12.3. The molecule has 0 radical (unpaired) electrons. The smallest absolute Gasteiger partial charge is 0.239 e. The molecule has 2 atom stereocenters. The summed E-state index contributed by atoms with van der Waals surface area (Å²) in [5, 5.41) is 8.01. The molecule has 3 aromatic carbocycles. The lowest BCUT2D eigenvalue weighted by Gasteiger charge is -2.20. The minimum atomic E-state index is -0.616. The summed E-state index contributed by atoms with van der Waals surface area (Å²) in [6.45, 7) is 0. The van der Waals surface area contributed by atoms with Crippen LogP contribution in [0.15, 0.2) is 72.8 Å². The van der Waals surface area contributed by atoms with Crippen molar-refractivity contribution in [2.75, 3.05) is 10.6 Å². The number of nitrogens with one attached hydrogen (secondary N) is 4. The van der Waals surface area contributed by atoms with Gasteiger partial charge in [0.2, 0.25) is 5.91 Å². The van der Waals surface area contributed by atoms with E-state index < -0.39 is 11.3 Å². The zero-order valence-corrected chi connectivity index (χ0v) is 17.8. The van der Waals surface area contributed by atoms with Gasteiger partial charge in [0.25, 0.3) is 0 Å². The van der Waals surface area contributed by atoms with E-state index in [-0.39, 0.29) is 17.4 Å². The van der Waals surface area contributed by atoms with Gasteiger partial charge in [0.05, 0.1) is 11.3 Å². The fraction of sp³-hybridized carbons (Fsp3) is 0.136. The third kappa shape index (κ3) is 5.95. The van der Waals surface area contributed by atoms with Crippen molar-refractivity contribution >= 4 is 64.3 Å². The van der Waals surface area contributed by atoms with Gasteiger partial charge in [0.1, 0.15) is 6.29 Å². The van der Waals surface area contributed by atoms with Crippen molar-refractivity contribution in [2.45, 2.75) is 11.8 Å². The van der Waals surface area contributed by atoms with Crippen LogP contribution in [0.4, 0.5) is 11.4 Å². The molecule has 0 saturated carbocycles. The molecule has 0 aliphatic rings. The molecule has 0 spiro atoms. The number of amides is 1. The van der Waals surface area contributed by atoms with Crippen LogP contribution >= 0.6 is 24.8 Å². The molecule has 30 heavy (non-hydrogen) atoms. The Bertz CT molecular complexity index is 1020. The lowest BCUT2D eigenvalue weighted by atomic mass is 10.1. The van der Waals surface area contributed by atoms with Crippen LogP contribution in [0.5, 0.6) is 0 Å². The quantitative estimate of drug-likeness (QED) is 0.127. The van der Waals surface area contributed by atoms with E-state index in [4.69, 9.17) is 12.2 Å². The van der Waals surface area contributed by atoms with Crippen LogP contribution in [0, 0.1) is 5.92 Å². The van der Waals surface area contributed by atoms with Gasteiger partial charge in [-0.25, -0.2) is 0 Å². The third-order valence-corrected chi connectivity index (χ3v) is 5.16. The van der Waals surface area contributed by atoms with Crippen LogP contribution in [0.2, 0.25) is 0 Å². The van der Waals surface area contributed by atoms with E-state index in [9.17, 15) is 9.59 Å². The maximum atomic E-state index is 12.3. The molecular weight excluding hydrogens is 416 g/mol. The Balaban J connectivity index is 1.50. The lowest BCUT2D eigenvalue weighted by molar-refractivity contribution is -0.124. The fourth-order valence-corrected chi connectivity index (χ4v) is 3.41. The van der Waals surface area contributed by atoms with Gasteiger partial charge in [-0.2, -0.15) is 12.6 Å². The number of thiocarbonyl (C=S) groups is 1. The maximum Gasteiger partial charge on any atom is 0.239 e.